The second-order valence-electron chi connectivity index (χ2n) is 3.50. The lowest BCUT2D eigenvalue weighted by Crippen LogP contribution is -2.45. The molecular weight excluding hydrogens is 214 g/mol. The maximum Gasteiger partial charge on any atom is 0.242 e. The SMILES string of the molecule is CNC(=O)C1CCCN1C(=O)CC(N)=S. The van der Waals surface area contributed by atoms with Crippen molar-refractivity contribution in [2.24, 2.45) is 5.73 Å². The molecule has 1 heterocycles. The molecule has 0 aromatic heterocycles. The molecule has 0 bridgehead atoms. The number of nitrogens with zero attached hydrogens (tertiary/aromatic N) is 1. The molecule has 0 saturated carbocycles. The van der Waals surface area contributed by atoms with Crippen LogP contribution in [0.25, 0.3) is 0 Å². The van der Waals surface area contributed by atoms with Gasteiger partial charge in [0.2, 0.25) is 11.8 Å². The van der Waals surface area contributed by atoms with Gasteiger partial charge >= 0.3 is 0 Å². The van der Waals surface area contributed by atoms with Crippen LogP contribution in [0.4, 0.5) is 0 Å². The number of hydrogen-bond acceptors (Lipinski definition) is 3. The molecule has 1 fully saturated rings. The van der Waals surface area contributed by atoms with Crippen LogP contribution in [0, 0.1) is 0 Å². The van der Waals surface area contributed by atoms with E-state index < -0.39 is 0 Å². The number of nitrogens with one attached hydrogen (secondary N) is 1. The standard InChI is InChI=1S/C9H15N3O2S/c1-11-9(14)6-3-2-4-12(6)8(13)5-7(10)15/h6H,2-5H2,1H3,(H2,10,15)(H,11,14). The Bertz CT molecular complexity index is 293. The Labute approximate surface area is 94.0 Å². The number of nitrogens with two attached hydrogens (primary N) is 1. The van der Waals surface area contributed by atoms with E-state index in [0.29, 0.717) is 13.0 Å². The van der Waals surface area contributed by atoms with Crippen LogP contribution in [-0.2, 0) is 9.59 Å². The van der Waals surface area contributed by atoms with Crippen molar-refractivity contribution >= 4 is 29.0 Å². The first-order chi connectivity index (χ1) is 7.06. The second kappa shape index (κ2) is 5.06. The Balaban J connectivity index is 2.63. The lowest BCUT2D eigenvalue weighted by Gasteiger charge is -2.23. The van der Waals surface area contributed by atoms with Crippen molar-refractivity contribution in [3.63, 3.8) is 0 Å². The van der Waals surface area contributed by atoms with E-state index in [2.05, 4.69) is 17.5 Å². The fraction of sp³-hybridized carbons (Fsp3) is 0.667. The average Bonchev–Trinajstić information content (AvgIpc) is 2.63. The minimum Gasteiger partial charge on any atom is -0.393 e. The fourth-order valence-corrected chi connectivity index (χ4v) is 1.88. The smallest absolute Gasteiger partial charge is 0.242 e. The molecule has 0 aliphatic carbocycles. The average molecular weight is 229 g/mol. The molecule has 1 rings (SSSR count). The zero-order valence-corrected chi connectivity index (χ0v) is 9.47. The van der Waals surface area contributed by atoms with Gasteiger partial charge in [-0.3, -0.25) is 9.59 Å². The molecule has 5 nitrogen and oxygen atoms in total. The summed E-state index contributed by atoms with van der Waals surface area (Å²) in [7, 11) is 1.57. The number of likely N-dealkylation sites (N-methyl/N-ethyl adjacent to an activating group) is 1. The fourth-order valence-electron chi connectivity index (χ4n) is 1.76. The molecule has 1 aliphatic rings. The van der Waals surface area contributed by atoms with Gasteiger partial charge < -0.3 is 16.0 Å². The number of amides is 2. The van der Waals surface area contributed by atoms with Crippen molar-refractivity contribution in [1.29, 1.82) is 0 Å². The van der Waals surface area contributed by atoms with Crippen molar-refractivity contribution in [2.45, 2.75) is 25.3 Å². The summed E-state index contributed by atoms with van der Waals surface area (Å²) in [5, 5.41) is 2.55. The van der Waals surface area contributed by atoms with Gasteiger partial charge in [0, 0.05) is 13.6 Å². The predicted octanol–water partition coefficient (Wildman–Crippen LogP) is -0.600. The van der Waals surface area contributed by atoms with Crippen LogP contribution in [-0.4, -0.2) is 41.3 Å². The summed E-state index contributed by atoms with van der Waals surface area (Å²) in [6.45, 7) is 0.611. The number of likely N-dealkylation sites (tertiary alicyclic amines) is 1. The van der Waals surface area contributed by atoms with Crippen molar-refractivity contribution in [3.05, 3.63) is 0 Å². The lowest BCUT2D eigenvalue weighted by atomic mass is 10.2. The monoisotopic (exact) mass is 229 g/mol. The highest BCUT2D eigenvalue weighted by Crippen LogP contribution is 2.18. The van der Waals surface area contributed by atoms with Crippen LogP contribution < -0.4 is 11.1 Å². The van der Waals surface area contributed by atoms with Crippen molar-refractivity contribution in [1.82, 2.24) is 10.2 Å². The lowest BCUT2D eigenvalue weighted by molar-refractivity contribution is -0.137. The Hall–Kier alpha value is -1.17. The molecule has 0 radical (unpaired) electrons. The summed E-state index contributed by atoms with van der Waals surface area (Å²) < 4.78 is 0. The Morgan fingerprint density at radius 2 is 2.27 bits per heavy atom. The summed E-state index contributed by atoms with van der Waals surface area (Å²) >= 11 is 4.67. The summed E-state index contributed by atoms with van der Waals surface area (Å²) in [5.74, 6) is -0.280. The van der Waals surface area contributed by atoms with Crippen LogP contribution in [0.3, 0.4) is 0 Å². The van der Waals surface area contributed by atoms with E-state index >= 15 is 0 Å². The quantitative estimate of drug-likeness (QED) is 0.634. The second-order valence-corrected chi connectivity index (χ2v) is 4.03. The number of thiocarbonyl (C=S) groups is 1. The summed E-state index contributed by atoms with van der Waals surface area (Å²) in [6.07, 6.45) is 1.60. The molecule has 1 unspecified atom stereocenters. The van der Waals surface area contributed by atoms with Crippen LogP contribution in [0.15, 0.2) is 0 Å². The molecule has 2 amide bonds. The number of hydrogen-bond donors (Lipinski definition) is 2. The third-order valence-electron chi connectivity index (χ3n) is 2.45. The molecule has 6 heteroatoms. The maximum absolute atomic E-state index is 11.7. The van der Waals surface area contributed by atoms with Crippen molar-refractivity contribution < 1.29 is 9.59 Å². The van der Waals surface area contributed by atoms with Gasteiger partial charge in [0.1, 0.15) is 6.04 Å². The first kappa shape index (κ1) is 11.9. The molecule has 0 aromatic carbocycles. The predicted molar refractivity (Wildman–Crippen MR) is 60.2 cm³/mol. The summed E-state index contributed by atoms with van der Waals surface area (Å²) in [4.78, 5) is 24.8. The first-order valence-electron chi connectivity index (χ1n) is 4.85. The number of carbonyl (C=O) groups excluding carboxylic acids is 2. The van der Waals surface area contributed by atoms with Gasteiger partial charge in [-0.2, -0.15) is 0 Å². The summed E-state index contributed by atoms with van der Waals surface area (Å²) in [5.41, 5.74) is 5.30. The van der Waals surface area contributed by atoms with Crippen LogP contribution >= 0.6 is 12.2 Å². The molecule has 0 aromatic rings. The normalized spacial score (nSPS) is 20.1. The third-order valence-corrected chi connectivity index (χ3v) is 2.59. The van der Waals surface area contributed by atoms with E-state index in [9.17, 15) is 9.59 Å². The molecule has 3 N–H and O–H groups in total. The highest BCUT2D eigenvalue weighted by atomic mass is 32.1. The van der Waals surface area contributed by atoms with Gasteiger partial charge in [-0.25, -0.2) is 0 Å². The third kappa shape index (κ3) is 2.89. The minimum atomic E-state index is -0.350. The largest absolute Gasteiger partial charge is 0.393 e. The molecule has 1 atom stereocenters. The molecular formula is C9H15N3O2S. The van der Waals surface area contributed by atoms with E-state index in [1.807, 2.05) is 0 Å². The number of rotatable bonds is 3. The molecule has 1 saturated heterocycles. The van der Waals surface area contributed by atoms with Gasteiger partial charge in [-0.1, -0.05) is 12.2 Å². The highest BCUT2D eigenvalue weighted by Gasteiger charge is 2.33. The molecule has 0 spiro atoms. The van der Waals surface area contributed by atoms with Crippen LogP contribution in [0.1, 0.15) is 19.3 Å². The Morgan fingerprint density at radius 1 is 1.60 bits per heavy atom. The van der Waals surface area contributed by atoms with E-state index in [4.69, 9.17) is 5.73 Å². The van der Waals surface area contributed by atoms with Crippen LogP contribution in [0.5, 0.6) is 0 Å². The van der Waals surface area contributed by atoms with E-state index in [0.717, 1.165) is 6.42 Å². The molecule has 15 heavy (non-hydrogen) atoms. The van der Waals surface area contributed by atoms with Gasteiger partial charge in [0.25, 0.3) is 0 Å². The minimum absolute atomic E-state index is 0.0445. The molecule has 84 valence electrons. The van der Waals surface area contributed by atoms with Gasteiger partial charge in [0.15, 0.2) is 0 Å². The number of carbonyl (C=O) groups is 2. The Morgan fingerprint density at radius 3 is 2.80 bits per heavy atom. The van der Waals surface area contributed by atoms with Gasteiger partial charge in [-0.15, -0.1) is 0 Å². The zero-order valence-electron chi connectivity index (χ0n) is 8.66. The summed E-state index contributed by atoms with van der Waals surface area (Å²) in [6, 6.07) is -0.350. The van der Waals surface area contributed by atoms with Crippen LogP contribution in [0.2, 0.25) is 0 Å². The maximum atomic E-state index is 11.7. The van der Waals surface area contributed by atoms with Gasteiger partial charge in [-0.05, 0) is 12.8 Å². The first-order valence-corrected chi connectivity index (χ1v) is 5.26. The van der Waals surface area contributed by atoms with E-state index in [1.165, 1.54) is 0 Å². The van der Waals surface area contributed by atoms with E-state index in [-0.39, 0.29) is 29.3 Å². The van der Waals surface area contributed by atoms with Crippen molar-refractivity contribution in [3.8, 4) is 0 Å². The Kier molecular flexibility index (Phi) is 4.02. The zero-order chi connectivity index (χ0) is 11.4. The topological polar surface area (TPSA) is 75.4 Å². The molecule has 1 aliphatic heterocycles. The highest BCUT2D eigenvalue weighted by molar-refractivity contribution is 7.80. The van der Waals surface area contributed by atoms with Gasteiger partial charge in [0.05, 0.1) is 11.4 Å². The van der Waals surface area contributed by atoms with Crippen molar-refractivity contribution in [2.75, 3.05) is 13.6 Å². The van der Waals surface area contributed by atoms with E-state index in [1.54, 1.807) is 11.9 Å².